The van der Waals surface area contributed by atoms with Gasteiger partial charge in [0.25, 0.3) is 0 Å². The SMILES string of the molecule is CCCCCCCCC(=O)OC(C)c1ccc(-c2ccccc2-c2ccc(OCCCCC)cc2)cc1. The normalized spacial score (nSPS) is 11.8. The Morgan fingerprint density at radius 1 is 0.676 bits per heavy atom. The van der Waals surface area contributed by atoms with Crippen LogP contribution in [0.3, 0.4) is 0 Å². The summed E-state index contributed by atoms with van der Waals surface area (Å²) in [5.74, 6) is 0.817. The molecule has 0 radical (unpaired) electrons. The quantitative estimate of drug-likeness (QED) is 0.145. The van der Waals surface area contributed by atoms with E-state index in [1.54, 1.807) is 0 Å². The minimum Gasteiger partial charge on any atom is -0.494 e. The summed E-state index contributed by atoms with van der Waals surface area (Å²) >= 11 is 0. The van der Waals surface area contributed by atoms with E-state index in [1.165, 1.54) is 49.7 Å². The smallest absolute Gasteiger partial charge is 0.306 e. The molecule has 0 fully saturated rings. The van der Waals surface area contributed by atoms with Gasteiger partial charge in [-0.05, 0) is 59.7 Å². The predicted molar refractivity (Wildman–Crippen MR) is 155 cm³/mol. The summed E-state index contributed by atoms with van der Waals surface area (Å²) in [5.41, 5.74) is 5.69. The number of carbonyl (C=O) groups excluding carboxylic acids is 1. The van der Waals surface area contributed by atoms with E-state index < -0.39 is 0 Å². The van der Waals surface area contributed by atoms with Gasteiger partial charge >= 0.3 is 5.97 Å². The molecule has 37 heavy (non-hydrogen) atoms. The zero-order valence-electron chi connectivity index (χ0n) is 23.0. The van der Waals surface area contributed by atoms with Crippen LogP contribution < -0.4 is 4.74 Å². The molecule has 3 aromatic rings. The first-order valence-corrected chi connectivity index (χ1v) is 14.2. The highest BCUT2D eigenvalue weighted by Gasteiger charge is 2.13. The van der Waals surface area contributed by atoms with Gasteiger partial charge in [-0.15, -0.1) is 0 Å². The molecule has 0 aliphatic carbocycles. The molecule has 0 saturated carbocycles. The second kappa shape index (κ2) is 15.9. The number of esters is 1. The van der Waals surface area contributed by atoms with Crippen LogP contribution in [0.15, 0.2) is 72.8 Å². The van der Waals surface area contributed by atoms with Crippen molar-refractivity contribution in [2.45, 2.75) is 91.1 Å². The summed E-state index contributed by atoms with van der Waals surface area (Å²) in [6.45, 7) is 7.14. The monoisotopic (exact) mass is 500 g/mol. The second-order valence-corrected chi connectivity index (χ2v) is 9.90. The Hall–Kier alpha value is -3.07. The fourth-order valence-electron chi connectivity index (χ4n) is 4.57. The molecule has 0 aliphatic rings. The number of hydrogen-bond donors (Lipinski definition) is 0. The third kappa shape index (κ3) is 9.39. The maximum atomic E-state index is 12.3. The third-order valence-corrected chi connectivity index (χ3v) is 6.84. The van der Waals surface area contributed by atoms with Crippen LogP contribution >= 0.6 is 0 Å². The van der Waals surface area contributed by atoms with Crippen LogP contribution in [-0.4, -0.2) is 12.6 Å². The van der Waals surface area contributed by atoms with Gasteiger partial charge in [-0.2, -0.15) is 0 Å². The molecule has 1 atom stereocenters. The van der Waals surface area contributed by atoms with Crippen molar-refractivity contribution in [2.24, 2.45) is 0 Å². The fourth-order valence-corrected chi connectivity index (χ4v) is 4.57. The van der Waals surface area contributed by atoms with E-state index in [-0.39, 0.29) is 12.1 Å². The number of ether oxygens (including phenoxy) is 2. The molecule has 0 heterocycles. The van der Waals surface area contributed by atoms with Crippen molar-refractivity contribution in [3.63, 3.8) is 0 Å². The molecule has 1 unspecified atom stereocenters. The Kier molecular flexibility index (Phi) is 12.3. The lowest BCUT2D eigenvalue weighted by Gasteiger charge is -2.15. The molecular weight excluding hydrogens is 456 g/mol. The van der Waals surface area contributed by atoms with Gasteiger partial charge in [-0.25, -0.2) is 0 Å². The van der Waals surface area contributed by atoms with Gasteiger partial charge < -0.3 is 9.47 Å². The van der Waals surface area contributed by atoms with E-state index in [0.717, 1.165) is 48.3 Å². The lowest BCUT2D eigenvalue weighted by Crippen LogP contribution is -2.08. The molecule has 3 nitrogen and oxygen atoms in total. The van der Waals surface area contributed by atoms with E-state index in [4.69, 9.17) is 9.47 Å². The number of rotatable bonds is 16. The van der Waals surface area contributed by atoms with Crippen LogP contribution in [0.5, 0.6) is 5.75 Å². The lowest BCUT2D eigenvalue weighted by molar-refractivity contribution is -0.148. The first-order chi connectivity index (χ1) is 18.1. The van der Waals surface area contributed by atoms with E-state index in [2.05, 4.69) is 86.6 Å². The standard InChI is InChI=1S/C34H44O3/c1-4-6-8-9-10-11-17-34(35)37-27(3)28-18-20-29(21-19-28)32-15-12-13-16-33(32)30-22-24-31(25-23-30)36-26-14-7-5-2/h12-13,15-16,18-25,27H,4-11,14,17,26H2,1-3H3. The molecule has 0 N–H and O–H groups in total. The maximum Gasteiger partial charge on any atom is 0.306 e. The predicted octanol–water partition coefficient (Wildman–Crippen LogP) is 9.94. The van der Waals surface area contributed by atoms with Crippen LogP contribution in [0.25, 0.3) is 22.3 Å². The topological polar surface area (TPSA) is 35.5 Å². The second-order valence-electron chi connectivity index (χ2n) is 9.90. The Bertz CT molecular complexity index is 1050. The largest absolute Gasteiger partial charge is 0.494 e. The van der Waals surface area contributed by atoms with Crippen molar-refractivity contribution < 1.29 is 14.3 Å². The Morgan fingerprint density at radius 2 is 1.22 bits per heavy atom. The number of unbranched alkanes of at least 4 members (excludes halogenated alkanes) is 7. The summed E-state index contributed by atoms with van der Waals surface area (Å²) in [6, 6.07) is 25.2. The molecule has 3 aromatic carbocycles. The van der Waals surface area contributed by atoms with Crippen LogP contribution in [0.1, 0.15) is 96.6 Å². The van der Waals surface area contributed by atoms with Gasteiger partial charge in [0.15, 0.2) is 0 Å². The molecule has 3 heteroatoms. The van der Waals surface area contributed by atoms with Crippen molar-refractivity contribution in [3.05, 3.63) is 78.4 Å². The van der Waals surface area contributed by atoms with E-state index in [9.17, 15) is 4.79 Å². The molecule has 0 bridgehead atoms. The van der Waals surface area contributed by atoms with E-state index in [0.29, 0.717) is 6.42 Å². The average molecular weight is 501 g/mol. The number of benzene rings is 3. The van der Waals surface area contributed by atoms with Gasteiger partial charge in [-0.1, -0.05) is 119 Å². The molecule has 0 aliphatic heterocycles. The lowest BCUT2D eigenvalue weighted by atomic mass is 9.94. The number of hydrogen-bond acceptors (Lipinski definition) is 3. The minimum atomic E-state index is -0.248. The van der Waals surface area contributed by atoms with Gasteiger partial charge in [0.2, 0.25) is 0 Å². The Morgan fingerprint density at radius 3 is 1.84 bits per heavy atom. The first-order valence-electron chi connectivity index (χ1n) is 14.2. The minimum absolute atomic E-state index is 0.102. The highest BCUT2D eigenvalue weighted by Crippen LogP contribution is 2.33. The average Bonchev–Trinajstić information content (AvgIpc) is 2.93. The molecule has 0 aromatic heterocycles. The molecular formula is C34H44O3. The summed E-state index contributed by atoms with van der Waals surface area (Å²) in [4.78, 5) is 12.3. The summed E-state index contributed by atoms with van der Waals surface area (Å²) in [7, 11) is 0. The summed E-state index contributed by atoms with van der Waals surface area (Å²) in [5, 5.41) is 0. The maximum absolute atomic E-state index is 12.3. The molecule has 0 amide bonds. The van der Waals surface area contributed by atoms with Gasteiger partial charge in [-0.3, -0.25) is 4.79 Å². The van der Waals surface area contributed by atoms with E-state index >= 15 is 0 Å². The van der Waals surface area contributed by atoms with Gasteiger partial charge in [0.05, 0.1) is 6.61 Å². The highest BCUT2D eigenvalue weighted by atomic mass is 16.5. The molecule has 0 spiro atoms. The number of carbonyl (C=O) groups is 1. The van der Waals surface area contributed by atoms with Crippen molar-refractivity contribution in [2.75, 3.05) is 6.61 Å². The zero-order valence-corrected chi connectivity index (χ0v) is 23.0. The van der Waals surface area contributed by atoms with Crippen LogP contribution in [0.4, 0.5) is 0 Å². The first kappa shape index (κ1) is 28.5. The van der Waals surface area contributed by atoms with Gasteiger partial charge in [0.1, 0.15) is 11.9 Å². The third-order valence-electron chi connectivity index (χ3n) is 6.84. The molecule has 3 rings (SSSR count). The van der Waals surface area contributed by atoms with Crippen LogP contribution in [-0.2, 0) is 9.53 Å². The Labute approximate surface area is 224 Å². The van der Waals surface area contributed by atoms with Crippen LogP contribution in [0, 0.1) is 0 Å². The van der Waals surface area contributed by atoms with E-state index in [1.807, 2.05) is 6.92 Å². The molecule has 198 valence electrons. The van der Waals surface area contributed by atoms with Crippen molar-refractivity contribution in [1.82, 2.24) is 0 Å². The fraction of sp³-hybridized carbons (Fsp3) is 0.441. The molecule has 0 saturated heterocycles. The zero-order chi connectivity index (χ0) is 26.3. The summed E-state index contributed by atoms with van der Waals surface area (Å²) in [6.07, 6.45) is 10.7. The summed E-state index contributed by atoms with van der Waals surface area (Å²) < 4.78 is 11.6. The van der Waals surface area contributed by atoms with Crippen LogP contribution in [0.2, 0.25) is 0 Å². The highest BCUT2D eigenvalue weighted by molar-refractivity contribution is 5.83. The van der Waals surface area contributed by atoms with Crippen molar-refractivity contribution in [1.29, 1.82) is 0 Å². The Balaban J connectivity index is 1.59. The van der Waals surface area contributed by atoms with Gasteiger partial charge in [0, 0.05) is 6.42 Å². The van der Waals surface area contributed by atoms with Crippen molar-refractivity contribution in [3.8, 4) is 28.0 Å². The van der Waals surface area contributed by atoms with Crippen molar-refractivity contribution >= 4 is 5.97 Å².